The minimum atomic E-state index is 1.06. The van der Waals surface area contributed by atoms with Crippen molar-refractivity contribution in [2.75, 3.05) is 11.9 Å². The van der Waals surface area contributed by atoms with Gasteiger partial charge >= 0.3 is 0 Å². The van der Waals surface area contributed by atoms with Gasteiger partial charge in [-0.15, -0.1) is 56.7 Å². The summed E-state index contributed by atoms with van der Waals surface area (Å²) in [6, 6.07) is 9.42. The second-order valence-corrected chi connectivity index (χ2v) is 12.8. The van der Waals surface area contributed by atoms with Crippen LogP contribution in [0.2, 0.25) is 0 Å². The molecular formula is C24H25NS5. The highest BCUT2D eigenvalue weighted by molar-refractivity contribution is 7.46. The first-order chi connectivity index (χ1) is 14.8. The molecule has 0 amide bonds. The fourth-order valence-corrected chi connectivity index (χ4v) is 9.82. The van der Waals surface area contributed by atoms with Crippen molar-refractivity contribution in [2.24, 2.45) is 0 Å². The van der Waals surface area contributed by atoms with Gasteiger partial charge in [0.2, 0.25) is 0 Å². The van der Waals surface area contributed by atoms with Gasteiger partial charge < -0.3 is 5.32 Å². The van der Waals surface area contributed by atoms with Gasteiger partial charge in [0.1, 0.15) is 0 Å². The number of hydrogen-bond donors (Lipinski definition) is 1. The first-order valence-corrected chi connectivity index (χ1v) is 14.8. The number of thiophene rings is 5. The maximum absolute atomic E-state index is 3.64. The maximum Gasteiger partial charge on any atom is 0.0892 e. The lowest BCUT2D eigenvalue weighted by Crippen LogP contribution is -2.00. The highest BCUT2D eigenvalue weighted by atomic mass is 32.2. The van der Waals surface area contributed by atoms with E-state index < -0.39 is 0 Å². The van der Waals surface area contributed by atoms with Gasteiger partial charge in [-0.05, 0) is 59.9 Å². The molecular weight excluding hydrogens is 463 g/mol. The second kappa shape index (κ2) is 9.13. The van der Waals surface area contributed by atoms with E-state index in [2.05, 4.69) is 54.2 Å². The number of fused-ring (bicyclic) bond motifs is 3. The molecule has 5 heterocycles. The molecule has 0 radical (unpaired) electrons. The van der Waals surface area contributed by atoms with Crippen LogP contribution in [-0.4, -0.2) is 6.54 Å². The monoisotopic (exact) mass is 487 g/mol. The number of nitrogens with one attached hydrogen (secondary N) is 1. The van der Waals surface area contributed by atoms with Crippen LogP contribution in [0.5, 0.6) is 0 Å². The van der Waals surface area contributed by atoms with Gasteiger partial charge in [-0.25, -0.2) is 0 Å². The van der Waals surface area contributed by atoms with Crippen molar-refractivity contribution in [1.29, 1.82) is 0 Å². The van der Waals surface area contributed by atoms with Crippen molar-refractivity contribution >= 4 is 81.2 Å². The molecule has 6 heteroatoms. The van der Waals surface area contributed by atoms with Crippen LogP contribution in [-0.2, 0) is 6.42 Å². The summed E-state index contributed by atoms with van der Waals surface area (Å²) in [5.74, 6) is 0. The summed E-state index contributed by atoms with van der Waals surface area (Å²) in [4.78, 5) is 5.73. The largest absolute Gasteiger partial charge is 0.384 e. The van der Waals surface area contributed by atoms with Gasteiger partial charge in [0.05, 0.1) is 19.3 Å². The molecule has 5 aromatic rings. The normalized spacial score (nSPS) is 11.8. The van der Waals surface area contributed by atoms with Crippen LogP contribution in [0.4, 0.5) is 5.69 Å². The van der Waals surface area contributed by atoms with E-state index in [-0.39, 0.29) is 0 Å². The minimum Gasteiger partial charge on any atom is -0.384 e. The first-order valence-electron chi connectivity index (χ1n) is 10.6. The summed E-state index contributed by atoms with van der Waals surface area (Å²) >= 11 is 9.66. The molecule has 0 spiro atoms. The molecule has 0 aliphatic heterocycles. The van der Waals surface area contributed by atoms with Crippen LogP contribution in [0.25, 0.3) is 38.3 Å². The third-order valence-electron chi connectivity index (χ3n) is 5.35. The second-order valence-electron chi connectivity index (χ2n) is 7.54. The molecule has 0 unspecified atom stereocenters. The van der Waals surface area contributed by atoms with Crippen LogP contribution < -0.4 is 5.32 Å². The topological polar surface area (TPSA) is 12.0 Å². The summed E-state index contributed by atoms with van der Waals surface area (Å²) in [5.41, 5.74) is 2.82. The molecule has 0 aliphatic rings. The SMILES string of the molecule is CCCCNc1ccsc1-c1cc2c(s1)sc1cc(-c3sccc3CCCC)sc12. The molecule has 0 saturated carbocycles. The molecule has 0 fully saturated rings. The molecule has 0 atom stereocenters. The molecule has 1 nitrogen and oxygen atoms in total. The lowest BCUT2D eigenvalue weighted by Gasteiger charge is -2.05. The quantitative estimate of drug-likeness (QED) is 0.204. The number of anilines is 1. The van der Waals surface area contributed by atoms with E-state index in [1.54, 1.807) is 0 Å². The number of rotatable bonds is 9. The standard InChI is InChI=1S/C24H25NS5/c1-3-5-7-15-8-11-26-21(15)19-14-20-22(28-19)16-13-18(29-24(16)30-20)23-17(9-12-27-23)25-10-6-4-2/h8-9,11-14,25H,3-7,10H2,1-2H3. The van der Waals surface area contributed by atoms with E-state index in [0.29, 0.717) is 0 Å². The fourth-order valence-electron chi connectivity index (χ4n) is 3.72. The fraction of sp³-hybridized carbons (Fsp3) is 0.333. The van der Waals surface area contributed by atoms with Crippen molar-refractivity contribution in [2.45, 2.75) is 46.0 Å². The zero-order valence-electron chi connectivity index (χ0n) is 17.2. The predicted molar refractivity (Wildman–Crippen MR) is 144 cm³/mol. The Hall–Kier alpha value is -1.18. The average molecular weight is 488 g/mol. The predicted octanol–water partition coefficient (Wildman–Crippen LogP) is 10.2. The molecule has 0 saturated heterocycles. The summed E-state index contributed by atoms with van der Waals surface area (Å²) in [5, 5.41) is 9.56. The van der Waals surface area contributed by atoms with Crippen LogP contribution >= 0.6 is 56.7 Å². The smallest absolute Gasteiger partial charge is 0.0892 e. The Morgan fingerprint density at radius 1 is 0.833 bits per heavy atom. The Labute approximate surface area is 198 Å². The lowest BCUT2D eigenvalue weighted by atomic mass is 10.1. The number of hydrogen-bond acceptors (Lipinski definition) is 6. The van der Waals surface area contributed by atoms with Gasteiger partial charge in [-0.3, -0.25) is 0 Å². The Morgan fingerprint density at radius 2 is 1.63 bits per heavy atom. The van der Waals surface area contributed by atoms with E-state index in [9.17, 15) is 0 Å². The Bertz CT molecular complexity index is 1260. The highest BCUT2D eigenvalue weighted by Gasteiger charge is 2.18. The Balaban J connectivity index is 1.48. The first kappa shape index (κ1) is 20.7. The van der Waals surface area contributed by atoms with Crippen molar-refractivity contribution in [3.05, 3.63) is 40.6 Å². The molecule has 156 valence electrons. The van der Waals surface area contributed by atoms with Crippen LogP contribution in [0.3, 0.4) is 0 Å². The number of aryl methyl sites for hydroxylation is 1. The van der Waals surface area contributed by atoms with E-state index in [4.69, 9.17) is 0 Å². The molecule has 5 rings (SSSR count). The van der Waals surface area contributed by atoms with E-state index in [0.717, 1.165) is 6.54 Å². The third kappa shape index (κ3) is 3.89. The van der Waals surface area contributed by atoms with Gasteiger partial charge in [-0.2, -0.15) is 0 Å². The molecule has 30 heavy (non-hydrogen) atoms. The van der Waals surface area contributed by atoms with Crippen LogP contribution in [0.15, 0.2) is 35.0 Å². The highest BCUT2D eigenvalue weighted by Crippen LogP contribution is 2.50. The van der Waals surface area contributed by atoms with Crippen molar-refractivity contribution in [3.63, 3.8) is 0 Å². The van der Waals surface area contributed by atoms with Crippen LogP contribution in [0, 0.1) is 0 Å². The van der Waals surface area contributed by atoms with E-state index in [1.165, 1.54) is 81.7 Å². The molecule has 0 aromatic carbocycles. The summed E-state index contributed by atoms with van der Waals surface area (Å²) in [6.07, 6.45) is 6.17. The van der Waals surface area contributed by atoms with Gasteiger partial charge in [-0.1, -0.05) is 26.7 Å². The van der Waals surface area contributed by atoms with Gasteiger partial charge in [0.15, 0.2) is 0 Å². The molecule has 0 bridgehead atoms. The number of unbranched alkanes of at least 4 members (excludes halogenated alkanes) is 2. The Kier molecular flexibility index (Phi) is 6.30. The lowest BCUT2D eigenvalue weighted by molar-refractivity contribution is 0.798. The van der Waals surface area contributed by atoms with Crippen molar-refractivity contribution in [1.82, 2.24) is 0 Å². The van der Waals surface area contributed by atoms with Gasteiger partial charge in [0.25, 0.3) is 0 Å². The minimum absolute atomic E-state index is 1.06. The van der Waals surface area contributed by atoms with E-state index >= 15 is 0 Å². The van der Waals surface area contributed by atoms with E-state index in [1.807, 2.05) is 56.7 Å². The molecule has 5 aromatic heterocycles. The van der Waals surface area contributed by atoms with Crippen molar-refractivity contribution < 1.29 is 0 Å². The summed E-state index contributed by atoms with van der Waals surface area (Å²) < 4.78 is 4.38. The Morgan fingerprint density at radius 3 is 2.50 bits per heavy atom. The van der Waals surface area contributed by atoms with Gasteiger partial charge in [0, 0.05) is 31.3 Å². The molecule has 1 N–H and O–H groups in total. The third-order valence-corrected chi connectivity index (χ3v) is 11.3. The van der Waals surface area contributed by atoms with Crippen LogP contribution in [0.1, 0.15) is 45.1 Å². The average Bonchev–Trinajstić information content (AvgIpc) is 3.52. The molecule has 0 aliphatic carbocycles. The zero-order chi connectivity index (χ0) is 20.5. The van der Waals surface area contributed by atoms with Crippen molar-refractivity contribution in [3.8, 4) is 19.5 Å². The summed E-state index contributed by atoms with van der Waals surface area (Å²) in [6.45, 7) is 5.57. The zero-order valence-corrected chi connectivity index (χ0v) is 21.3. The summed E-state index contributed by atoms with van der Waals surface area (Å²) in [7, 11) is 0. The maximum atomic E-state index is 3.64.